The van der Waals surface area contributed by atoms with Crippen LogP contribution < -0.4 is 5.32 Å². The summed E-state index contributed by atoms with van der Waals surface area (Å²) in [5.41, 5.74) is 3.26. The van der Waals surface area contributed by atoms with Crippen molar-refractivity contribution in [3.8, 4) is 11.3 Å². The number of nitrogens with zero attached hydrogens (tertiary/aromatic N) is 2. The van der Waals surface area contributed by atoms with Crippen molar-refractivity contribution in [3.05, 3.63) is 70.8 Å². The van der Waals surface area contributed by atoms with Gasteiger partial charge in [-0.3, -0.25) is 4.98 Å². The van der Waals surface area contributed by atoms with E-state index < -0.39 is 0 Å². The number of benzene rings is 1. The van der Waals surface area contributed by atoms with Gasteiger partial charge in [-0.1, -0.05) is 36.4 Å². The van der Waals surface area contributed by atoms with Crippen molar-refractivity contribution in [2.24, 2.45) is 0 Å². The minimum absolute atomic E-state index is 0.765. The fourth-order valence-corrected chi connectivity index (χ4v) is 2.71. The summed E-state index contributed by atoms with van der Waals surface area (Å²) in [6.07, 6.45) is 1.81. The van der Waals surface area contributed by atoms with Crippen LogP contribution in [0.25, 0.3) is 11.3 Å². The number of nitrogens with one attached hydrogen (secondary N) is 1. The Bertz CT molecular complexity index is 650. The second kappa shape index (κ2) is 6.41. The third kappa shape index (κ3) is 3.29. The van der Waals surface area contributed by atoms with Crippen LogP contribution in [0.2, 0.25) is 0 Å². The summed E-state index contributed by atoms with van der Waals surface area (Å²) in [5, 5.41) is 6.57. The molecule has 0 spiro atoms. The molecular formula is C16H15N3S. The van der Waals surface area contributed by atoms with E-state index in [4.69, 9.17) is 0 Å². The van der Waals surface area contributed by atoms with Crippen LogP contribution in [0.1, 0.15) is 10.7 Å². The molecule has 100 valence electrons. The second-order valence-corrected chi connectivity index (χ2v) is 5.36. The topological polar surface area (TPSA) is 37.8 Å². The highest BCUT2D eigenvalue weighted by Gasteiger charge is 2.03. The molecule has 3 rings (SSSR count). The van der Waals surface area contributed by atoms with Crippen LogP contribution in [0, 0.1) is 0 Å². The van der Waals surface area contributed by atoms with Gasteiger partial charge in [-0.2, -0.15) is 0 Å². The Kier molecular flexibility index (Phi) is 4.16. The maximum absolute atomic E-state index is 4.65. The van der Waals surface area contributed by atoms with Crippen molar-refractivity contribution in [2.75, 3.05) is 0 Å². The molecule has 1 aromatic carbocycles. The standard InChI is InChI=1S/C16H15N3S/c1-2-6-13(7-3-1)15-12-20-16(19-15)11-17-10-14-8-4-5-9-18-14/h1-9,12,17H,10-11H2. The van der Waals surface area contributed by atoms with E-state index >= 15 is 0 Å². The van der Waals surface area contributed by atoms with E-state index in [-0.39, 0.29) is 0 Å². The molecule has 2 heterocycles. The third-order valence-corrected chi connectivity index (χ3v) is 3.78. The molecule has 0 saturated heterocycles. The largest absolute Gasteiger partial charge is 0.305 e. The molecule has 0 bridgehead atoms. The van der Waals surface area contributed by atoms with Gasteiger partial charge < -0.3 is 5.32 Å². The van der Waals surface area contributed by atoms with E-state index in [1.165, 1.54) is 5.56 Å². The number of pyridine rings is 1. The van der Waals surface area contributed by atoms with E-state index in [0.717, 1.165) is 29.5 Å². The highest BCUT2D eigenvalue weighted by atomic mass is 32.1. The molecule has 1 N–H and O–H groups in total. The Morgan fingerprint density at radius 1 is 0.950 bits per heavy atom. The van der Waals surface area contributed by atoms with Crippen molar-refractivity contribution in [1.82, 2.24) is 15.3 Å². The molecule has 0 fully saturated rings. The molecule has 0 aliphatic heterocycles. The van der Waals surface area contributed by atoms with Gasteiger partial charge in [-0.05, 0) is 12.1 Å². The molecule has 0 saturated carbocycles. The summed E-state index contributed by atoms with van der Waals surface area (Å²) < 4.78 is 0. The monoisotopic (exact) mass is 281 g/mol. The van der Waals surface area contributed by atoms with Crippen LogP contribution in [-0.2, 0) is 13.1 Å². The van der Waals surface area contributed by atoms with E-state index in [9.17, 15) is 0 Å². The van der Waals surface area contributed by atoms with Gasteiger partial charge in [-0.15, -0.1) is 11.3 Å². The van der Waals surface area contributed by atoms with Crippen LogP contribution in [0.3, 0.4) is 0 Å². The molecule has 3 nitrogen and oxygen atoms in total. The van der Waals surface area contributed by atoms with Crippen LogP contribution in [0.4, 0.5) is 0 Å². The Balaban J connectivity index is 1.58. The van der Waals surface area contributed by atoms with Gasteiger partial charge in [0.1, 0.15) is 5.01 Å². The van der Waals surface area contributed by atoms with Gasteiger partial charge in [-0.25, -0.2) is 4.98 Å². The fraction of sp³-hybridized carbons (Fsp3) is 0.125. The minimum Gasteiger partial charge on any atom is -0.305 e. The molecule has 0 radical (unpaired) electrons. The van der Waals surface area contributed by atoms with Crippen molar-refractivity contribution < 1.29 is 0 Å². The Morgan fingerprint density at radius 3 is 2.60 bits per heavy atom. The molecule has 0 atom stereocenters. The summed E-state index contributed by atoms with van der Waals surface area (Å²) >= 11 is 1.69. The third-order valence-electron chi connectivity index (χ3n) is 2.93. The van der Waals surface area contributed by atoms with Gasteiger partial charge >= 0.3 is 0 Å². The smallest absolute Gasteiger partial charge is 0.107 e. The summed E-state index contributed by atoms with van der Waals surface area (Å²) in [7, 11) is 0. The zero-order valence-corrected chi connectivity index (χ0v) is 11.8. The first-order chi connectivity index (χ1) is 9.92. The molecule has 0 amide bonds. The Morgan fingerprint density at radius 2 is 1.80 bits per heavy atom. The summed E-state index contributed by atoms with van der Waals surface area (Å²) in [4.78, 5) is 8.93. The van der Waals surface area contributed by atoms with Crippen molar-refractivity contribution in [2.45, 2.75) is 13.1 Å². The van der Waals surface area contributed by atoms with Crippen molar-refractivity contribution in [3.63, 3.8) is 0 Å². The predicted molar refractivity (Wildman–Crippen MR) is 82.3 cm³/mol. The molecule has 0 aliphatic rings. The predicted octanol–water partition coefficient (Wildman–Crippen LogP) is 3.49. The van der Waals surface area contributed by atoms with Crippen molar-refractivity contribution in [1.29, 1.82) is 0 Å². The minimum atomic E-state index is 0.765. The average molecular weight is 281 g/mol. The molecule has 4 heteroatoms. The summed E-state index contributed by atoms with van der Waals surface area (Å²) in [5.74, 6) is 0. The van der Waals surface area contributed by atoms with E-state index in [2.05, 4.69) is 32.8 Å². The normalized spacial score (nSPS) is 10.6. The molecule has 3 aromatic rings. The number of hydrogen-bond donors (Lipinski definition) is 1. The van der Waals surface area contributed by atoms with Crippen LogP contribution in [-0.4, -0.2) is 9.97 Å². The lowest BCUT2D eigenvalue weighted by Gasteiger charge is -2.01. The summed E-state index contributed by atoms with van der Waals surface area (Å²) in [6.45, 7) is 1.54. The zero-order valence-electron chi connectivity index (χ0n) is 11.0. The van der Waals surface area contributed by atoms with E-state index in [1.807, 2.05) is 42.6 Å². The average Bonchev–Trinajstić information content (AvgIpc) is 2.98. The molecule has 0 aliphatic carbocycles. The quantitative estimate of drug-likeness (QED) is 0.778. The highest BCUT2D eigenvalue weighted by Crippen LogP contribution is 2.21. The van der Waals surface area contributed by atoms with Gasteiger partial charge in [0.2, 0.25) is 0 Å². The Hall–Kier alpha value is -2.04. The first-order valence-electron chi connectivity index (χ1n) is 6.52. The summed E-state index contributed by atoms with van der Waals surface area (Å²) in [6, 6.07) is 16.2. The SMILES string of the molecule is c1ccc(-c2csc(CNCc3ccccn3)n2)cc1. The van der Waals surface area contributed by atoms with Gasteiger partial charge in [0, 0.05) is 30.2 Å². The molecular weight excluding hydrogens is 266 g/mol. The maximum atomic E-state index is 4.65. The van der Waals surface area contributed by atoms with E-state index in [0.29, 0.717) is 0 Å². The van der Waals surface area contributed by atoms with E-state index in [1.54, 1.807) is 11.3 Å². The molecule has 20 heavy (non-hydrogen) atoms. The zero-order chi connectivity index (χ0) is 13.6. The van der Waals surface area contributed by atoms with Gasteiger partial charge in [0.25, 0.3) is 0 Å². The number of hydrogen-bond acceptors (Lipinski definition) is 4. The van der Waals surface area contributed by atoms with Gasteiger partial charge in [0.05, 0.1) is 11.4 Å². The van der Waals surface area contributed by atoms with Crippen LogP contribution in [0.15, 0.2) is 60.1 Å². The van der Waals surface area contributed by atoms with Crippen LogP contribution in [0.5, 0.6) is 0 Å². The molecule has 0 unspecified atom stereocenters. The number of rotatable bonds is 5. The van der Waals surface area contributed by atoms with Crippen molar-refractivity contribution >= 4 is 11.3 Å². The molecule has 2 aromatic heterocycles. The first kappa shape index (κ1) is 13.0. The maximum Gasteiger partial charge on any atom is 0.107 e. The second-order valence-electron chi connectivity index (χ2n) is 4.42. The first-order valence-corrected chi connectivity index (χ1v) is 7.40. The Labute approximate surface area is 122 Å². The highest BCUT2D eigenvalue weighted by molar-refractivity contribution is 7.09. The fourth-order valence-electron chi connectivity index (χ4n) is 1.93. The lowest BCUT2D eigenvalue weighted by molar-refractivity contribution is 0.677. The number of thiazole rings is 1. The lowest BCUT2D eigenvalue weighted by Crippen LogP contribution is -2.13. The lowest BCUT2D eigenvalue weighted by atomic mass is 10.2. The van der Waals surface area contributed by atoms with Crippen LogP contribution >= 0.6 is 11.3 Å². The number of aromatic nitrogens is 2. The van der Waals surface area contributed by atoms with Gasteiger partial charge in [0.15, 0.2) is 0 Å².